The summed E-state index contributed by atoms with van der Waals surface area (Å²) in [5.41, 5.74) is -1.45. The van der Waals surface area contributed by atoms with Crippen LogP contribution >= 0.6 is 0 Å². The molecule has 1 saturated heterocycles. The van der Waals surface area contributed by atoms with Crippen LogP contribution in [0.25, 0.3) is 10.8 Å². The molecule has 1 fully saturated rings. The zero-order chi connectivity index (χ0) is 22.6. The standard InChI is InChI=1S/C22H33N5O4/c1-21(2,3)31-20(29)27-15(14-30-22(27,4)5)13-23-11-8-12-24-18-16-9-6-7-10-17(16)19(28)26-25-18/h6-7,9-10,15,23H,8,11-14H2,1-5H3,(H,24,25)(H,26,28). The number of anilines is 1. The molecule has 0 aliphatic carbocycles. The van der Waals surface area contributed by atoms with E-state index in [-0.39, 0.29) is 17.7 Å². The SMILES string of the molecule is CC(C)(C)OC(=O)N1C(CNCCCNc2n[nH]c(=O)c3ccccc23)COC1(C)C. The third kappa shape index (κ3) is 5.74. The van der Waals surface area contributed by atoms with Gasteiger partial charge in [-0.25, -0.2) is 9.89 Å². The van der Waals surface area contributed by atoms with Crippen LogP contribution in [-0.2, 0) is 9.47 Å². The molecule has 0 bridgehead atoms. The molecule has 2 aromatic rings. The van der Waals surface area contributed by atoms with Crippen molar-refractivity contribution in [2.24, 2.45) is 0 Å². The normalized spacial score (nSPS) is 18.4. The van der Waals surface area contributed by atoms with Gasteiger partial charge in [-0.1, -0.05) is 18.2 Å². The van der Waals surface area contributed by atoms with Gasteiger partial charge in [0.2, 0.25) is 0 Å². The number of fused-ring (bicyclic) bond motifs is 1. The van der Waals surface area contributed by atoms with Crippen LogP contribution in [0, 0.1) is 0 Å². The Hall–Kier alpha value is -2.65. The van der Waals surface area contributed by atoms with Crippen molar-refractivity contribution < 1.29 is 14.3 Å². The van der Waals surface area contributed by atoms with Gasteiger partial charge in [-0.15, -0.1) is 0 Å². The molecular weight excluding hydrogens is 398 g/mol. The number of aromatic amines is 1. The Balaban J connectivity index is 1.47. The number of rotatable bonds is 7. The van der Waals surface area contributed by atoms with E-state index in [4.69, 9.17) is 9.47 Å². The van der Waals surface area contributed by atoms with Crippen LogP contribution in [0.4, 0.5) is 10.6 Å². The Labute approximate surface area is 182 Å². The molecule has 9 heteroatoms. The minimum absolute atomic E-state index is 0.0948. The minimum atomic E-state index is -0.701. The molecule has 170 valence electrons. The van der Waals surface area contributed by atoms with Gasteiger partial charge in [0, 0.05) is 18.5 Å². The van der Waals surface area contributed by atoms with Crippen molar-refractivity contribution in [2.75, 3.05) is 31.6 Å². The van der Waals surface area contributed by atoms with E-state index in [1.54, 1.807) is 11.0 Å². The molecule has 1 atom stereocenters. The summed E-state index contributed by atoms with van der Waals surface area (Å²) in [6.07, 6.45) is 0.484. The van der Waals surface area contributed by atoms with E-state index in [1.165, 1.54) is 0 Å². The maximum absolute atomic E-state index is 12.7. The predicted molar refractivity (Wildman–Crippen MR) is 120 cm³/mol. The number of aromatic nitrogens is 2. The summed E-state index contributed by atoms with van der Waals surface area (Å²) in [5, 5.41) is 14.7. The monoisotopic (exact) mass is 431 g/mol. The van der Waals surface area contributed by atoms with E-state index in [1.807, 2.05) is 52.8 Å². The van der Waals surface area contributed by atoms with Crippen LogP contribution in [0.5, 0.6) is 0 Å². The van der Waals surface area contributed by atoms with Gasteiger partial charge >= 0.3 is 6.09 Å². The molecule has 9 nitrogen and oxygen atoms in total. The summed E-state index contributed by atoms with van der Waals surface area (Å²) in [4.78, 5) is 26.2. The number of nitrogens with one attached hydrogen (secondary N) is 3. The molecule has 1 aliphatic rings. The molecule has 1 amide bonds. The van der Waals surface area contributed by atoms with E-state index in [0.29, 0.717) is 30.9 Å². The Morgan fingerprint density at radius 1 is 1.29 bits per heavy atom. The van der Waals surface area contributed by atoms with Crippen molar-refractivity contribution in [3.63, 3.8) is 0 Å². The van der Waals surface area contributed by atoms with Crippen molar-refractivity contribution in [1.29, 1.82) is 0 Å². The number of ether oxygens (including phenoxy) is 2. The lowest BCUT2D eigenvalue weighted by Gasteiger charge is -2.35. The lowest BCUT2D eigenvalue weighted by atomic mass is 10.2. The van der Waals surface area contributed by atoms with Gasteiger partial charge in [-0.05, 0) is 53.7 Å². The summed E-state index contributed by atoms with van der Waals surface area (Å²) in [5.74, 6) is 0.664. The van der Waals surface area contributed by atoms with Crippen molar-refractivity contribution in [3.05, 3.63) is 34.6 Å². The summed E-state index contributed by atoms with van der Waals surface area (Å²) in [7, 11) is 0. The first-order valence-electron chi connectivity index (χ1n) is 10.7. The maximum Gasteiger partial charge on any atom is 0.412 e. The van der Waals surface area contributed by atoms with E-state index >= 15 is 0 Å². The molecule has 1 unspecified atom stereocenters. The lowest BCUT2D eigenvalue weighted by molar-refractivity contribution is -0.0623. The second kappa shape index (κ2) is 9.23. The predicted octanol–water partition coefficient (Wildman–Crippen LogP) is 2.69. The fraction of sp³-hybridized carbons (Fsp3) is 0.591. The van der Waals surface area contributed by atoms with Gasteiger partial charge in [0.15, 0.2) is 5.82 Å². The van der Waals surface area contributed by atoms with Gasteiger partial charge in [-0.2, -0.15) is 5.10 Å². The Morgan fingerprint density at radius 2 is 2.00 bits per heavy atom. The van der Waals surface area contributed by atoms with Crippen molar-refractivity contribution in [2.45, 2.75) is 58.4 Å². The Bertz CT molecular complexity index is 966. The van der Waals surface area contributed by atoms with Gasteiger partial charge in [0.05, 0.1) is 18.0 Å². The van der Waals surface area contributed by atoms with E-state index in [2.05, 4.69) is 20.8 Å². The Morgan fingerprint density at radius 3 is 2.71 bits per heavy atom. The zero-order valence-corrected chi connectivity index (χ0v) is 18.9. The highest BCUT2D eigenvalue weighted by Gasteiger charge is 2.45. The number of H-pyrrole nitrogens is 1. The number of amides is 1. The van der Waals surface area contributed by atoms with Crippen LogP contribution in [0.2, 0.25) is 0 Å². The van der Waals surface area contributed by atoms with Crippen LogP contribution < -0.4 is 16.2 Å². The molecule has 0 radical (unpaired) electrons. The number of carbonyl (C=O) groups excluding carboxylic acids is 1. The summed E-state index contributed by atoms with van der Waals surface area (Å²) >= 11 is 0. The minimum Gasteiger partial charge on any atom is -0.444 e. The van der Waals surface area contributed by atoms with Crippen LogP contribution in [0.3, 0.4) is 0 Å². The van der Waals surface area contributed by atoms with Gasteiger partial charge < -0.3 is 20.1 Å². The van der Waals surface area contributed by atoms with Gasteiger partial charge in [0.1, 0.15) is 11.3 Å². The maximum atomic E-state index is 12.7. The highest BCUT2D eigenvalue weighted by molar-refractivity contribution is 5.90. The third-order valence-corrected chi connectivity index (χ3v) is 5.06. The van der Waals surface area contributed by atoms with Crippen LogP contribution in [0.15, 0.2) is 29.1 Å². The van der Waals surface area contributed by atoms with Crippen molar-refractivity contribution >= 4 is 22.7 Å². The number of benzene rings is 1. The zero-order valence-electron chi connectivity index (χ0n) is 18.9. The molecular formula is C22H33N5O4. The fourth-order valence-electron chi connectivity index (χ4n) is 3.65. The van der Waals surface area contributed by atoms with Crippen LogP contribution in [0.1, 0.15) is 41.0 Å². The first kappa shape index (κ1) is 23.0. The largest absolute Gasteiger partial charge is 0.444 e. The van der Waals surface area contributed by atoms with E-state index in [9.17, 15) is 9.59 Å². The van der Waals surface area contributed by atoms with Crippen molar-refractivity contribution in [1.82, 2.24) is 20.4 Å². The average Bonchev–Trinajstić information content (AvgIpc) is 2.99. The summed E-state index contributed by atoms with van der Waals surface area (Å²) < 4.78 is 11.4. The first-order chi connectivity index (χ1) is 14.6. The van der Waals surface area contributed by atoms with Crippen LogP contribution in [-0.4, -0.2) is 64.8 Å². The quantitative estimate of drug-likeness (QED) is 0.578. The number of hydrogen-bond acceptors (Lipinski definition) is 7. The summed E-state index contributed by atoms with van der Waals surface area (Å²) in [6, 6.07) is 7.29. The molecule has 0 spiro atoms. The molecule has 1 aromatic heterocycles. The second-order valence-electron chi connectivity index (χ2n) is 9.19. The molecule has 3 N–H and O–H groups in total. The van der Waals surface area contributed by atoms with E-state index in [0.717, 1.165) is 18.4 Å². The molecule has 3 rings (SSSR count). The van der Waals surface area contributed by atoms with Gasteiger partial charge in [0.25, 0.3) is 5.56 Å². The molecule has 1 aromatic carbocycles. The number of nitrogens with zero attached hydrogens (tertiary/aromatic N) is 2. The average molecular weight is 432 g/mol. The Kier molecular flexibility index (Phi) is 6.86. The topological polar surface area (TPSA) is 109 Å². The first-order valence-corrected chi connectivity index (χ1v) is 10.7. The van der Waals surface area contributed by atoms with Crippen molar-refractivity contribution in [3.8, 4) is 0 Å². The highest BCUT2D eigenvalue weighted by atomic mass is 16.6. The third-order valence-electron chi connectivity index (χ3n) is 5.06. The smallest absolute Gasteiger partial charge is 0.412 e. The summed E-state index contributed by atoms with van der Waals surface area (Å²) in [6.45, 7) is 11.9. The number of carbonyl (C=O) groups is 1. The molecule has 0 saturated carbocycles. The highest BCUT2D eigenvalue weighted by Crippen LogP contribution is 2.29. The molecule has 1 aliphatic heterocycles. The second-order valence-corrected chi connectivity index (χ2v) is 9.19. The molecule has 2 heterocycles. The fourth-order valence-corrected chi connectivity index (χ4v) is 3.65. The van der Waals surface area contributed by atoms with Gasteiger partial charge in [-0.3, -0.25) is 9.69 Å². The number of hydrogen-bond donors (Lipinski definition) is 3. The lowest BCUT2D eigenvalue weighted by Crippen LogP contribution is -2.52. The van der Waals surface area contributed by atoms with E-state index < -0.39 is 11.3 Å². The molecule has 31 heavy (non-hydrogen) atoms.